The summed E-state index contributed by atoms with van der Waals surface area (Å²) < 4.78 is 5.82. The third-order valence-corrected chi connectivity index (χ3v) is 2.74. The van der Waals surface area contributed by atoms with E-state index in [9.17, 15) is 0 Å². The third-order valence-electron chi connectivity index (χ3n) is 2.32. The standard InChI is InChI=1S/C12H18ClNO/c1-4-10(8-14-3)15-11-5-6-12(13)9(2)7-11/h5-7,10,14H,4,8H2,1-3H3. The number of hydrogen-bond donors (Lipinski definition) is 1. The van der Waals surface area contributed by atoms with Crippen molar-refractivity contribution in [3.05, 3.63) is 28.8 Å². The Bertz CT molecular complexity index is 314. The van der Waals surface area contributed by atoms with Gasteiger partial charge in [-0.05, 0) is 44.2 Å². The number of ether oxygens (including phenoxy) is 1. The lowest BCUT2D eigenvalue weighted by Crippen LogP contribution is -2.28. The number of halogens is 1. The summed E-state index contributed by atoms with van der Waals surface area (Å²) in [5.41, 5.74) is 1.05. The molecule has 0 radical (unpaired) electrons. The van der Waals surface area contributed by atoms with Crippen molar-refractivity contribution < 1.29 is 4.74 Å². The lowest BCUT2D eigenvalue weighted by molar-refractivity contribution is 0.196. The Morgan fingerprint density at radius 1 is 1.47 bits per heavy atom. The van der Waals surface area contributed by atoms with Crippen molar-refractivity contribution in [3.63, 3.8) is 0 Å². The first-order chi connectivity index (χ1) is 7.17. The van der Waals surface area contributed by atoms with Crippen LogP contribution in [0.1, 0.15) is 18.9 Å². The van der Waals surface area contributed by atoms with Gasteiger partial charge in [-0.3, -0.25) is 0 Å². The van der Waals surface area contributed by atoms with E-state index in [-0.39, 0.29) is 6.10 Å². The third kappa shape index (κ3) is 3.73. The summed E-state index contributed by atoms with van der Waals surface area (Å²) in [6.07, 6.45) is 1.21. The van der Waals surface area contributed by atoms with Crippen LogP contribution in [-0.2, 0) is 0 Å². The van der Waals surface area contributed by atoms with Crippen LogP contribution in [0, 0.1) is 6.92 Å². The molecule has 0 aliphatic carbocycles. The summed E-state index contributed by atoms with van der Waals surface area (Å²) in [5, 5.41) is 3.90. The van der Waals surface area contributed by atoms with E-state index in [0.29, 0.717) is 0 Å². The van der Waals surface area contributed by atoms with Gasteiger partial charge in [0, 0.05) is 11.6 Å². The van der Waals surface area contributed by atoms with Crippen LogP contribution in [-0.4, -0.2) is 19.7 Å². The fourth-order valence-corrected chi connectivity index (χ4v) is 1.50. The van der Waals surface area contributed by atoms with Crippen molar-refractivity contribution in [1.82, 2.24) is 5.32 Å². The molecule has 0 spiro atoms. The minimum Gasteiger partial charge on any atom is -0.489 e. The molecule has 0 aliphatic rings. The van der Waals surface area contributed by atoms with Gasteiger partial charge in [-0.2, -0.15) is 0 Å². The van der Waals surface area contributed by atoms with Crippen LogP contribution in [0.3, 0.4) is 0 Å². The monoisotopic (exact) mass is 227 g/mol. The molecule has 2 nitrogen and oxygen atoms in total. The number of nitrogens with one attached hydrogen (secondary N) is 1. The Morgan fingerprint density at radius 2 is 2.20 bits per heavy atom. The van der Waals surface area contributed by atoms with E-state index in [1.807, 2.05) is 32.2 Å². The highest BCUT2D eigenvalue weighted by atomic mass is 35.5. The van der Waals surface area contributed by atoms with E-state index in [1.54, 1.807) is 0 Å². The molecular weight excluding hydrogens is 210 g/mol. The number of rotatable bonds is 5. The average molecular weight is 228 g/mol. The molecule has 0 aliphatic heterocycles. The van der Waals surface area contributed by atoms with Crippen LogP contribution in [0.2, 0.25) is 5.02 Å². The molecule has 1 rings (SSSR count). The van der Waals surface area contributed by atoms with Gasteiger partial charge in [-0.15, -0.1) is 0 Å². The van der Waals surface area contributed by atoms with Gasteiger partial charge in [0.15, 0.2) is 0 Å². The number of aryl methyl sites for hydroxylation is 1. The highest BCUT2D eigenvalue weighted by molar-refractivity contribution is 6.31. The summed E-state index contributed by atoms with van der Waals surface area (Å²) in [5.74, 6) is 0.888. The molecule has 84 valence electrons. The van der Waals surface area contributed by atoms with Crippen molar-refractivity contribution in [3.8, 4) is 5.75 Å². The molecule has 0 saturated carbocycles. The molecule has 0 aromatic heterocycles. The van der Waals surface area contributed by atoms with Gasteiger partial charge in [0.2, 0.25) is 0 Å². The Labute approximate surface area is 96.6 Å². The normalized spacial score (nSPS) is 12.5. The SMILES string of the molecule is CCC(CNC)Oc1ccc(Cl)c(C)c1. The minimum atomic E-state index is 0.218. The molecular formula is C12H18ClNO. The summed E-state index contributed by atoms with van der Waals surface area (Å²) in [4.78, 5) is 0. The molecule has 0 fully saturated rings. The second kappa shape index (κ2) is 5.99. The number of benzene rings is 1. The quantitative estimate of drug-likeness (QED) is 0.835. The van der Waals surface area contributed by atoms with Crippen LogP contribution in [0.25, 0.3) is 0 Å². The van der Waals surface area contributed by atoms with Gasteiger partial charge in [0.25, 0.3) is 0 Å². The first-order valence-electron chi connectivity index (χ1n) is 5.24. The lowest BCUT2D eigenvalue weighted by Gasteiger charge is -2.17. The largest absolute Gasteiger partial charge is 0.489 e. The zero-order valence-corrected chi connectivity index (χ0v) is 10.3. The predicted octanol–water partition coefficient (Wildman–Crippen LogP) is 3.03. The number of hydrogen-bond acceptors (Lipinski definition) is 2. The highest BCUT2D eigenvalue weighted by Crippen LogP contribution is 2.22. The van der Waals surface area contributed by atoms with Crippen molar-refractivity contribution >= 4 is 11.6 Å². The lowest BCUT2D eigenvalue weighted by atomic mass is 10.2. The fourth-order valence-electron chi connectivity index (χ4n) is 1.38. The Kier molecular flexibility index (Phi) is 4.92. The highest BCUT2D eigenvalue weighted by Gasteiger charge is 2.07. The average Bonchev–Trinajstić information content (AvgIpc) is 2.23. The van der Waals surface area contributed by atoms with Gasteiger partial charge in [-0.1, -0.05) is 18.5 Å². The summed E-state index contributed by atoms with van der Waals surface area (Å²) in [6.45, 7) is 4.96. The van der Waals surface area contributed by atoms with Gasteiger partial charge < -0.3 is 10.1 Å². The van der Waals surface area contributed by atoms with Crippen LogP contribution >= 0.6 is 11.6 Å². The second-order valence-corrected chi connectivity index (χ2v) is 4.02. The first kappa shape index (κ1) is 12.3. The summed E-state index contributed by atoms with van der Waals surface area (Å²) >= 11 is 5.94. The molecule has 3 heteroatoms. The van der Waals surface area contributed by atoms with Crippen molar-refractivity contribution in [1.29, 1.82) is 0 Å². The second-order valence-electron chi connectivity index (χ2n) is 3.62. The maximum atomic E-state index is 5.94. The van der Waals surface area contributed by atoms with E-state index in [0.717, 1.165) is 29.3 Å². The van der Waals surface area contributed by atoms with E-state index in [4.69, 9.17) is 16.3 Å². The van der Waals surface area contributed by atoms with Crippen molar-refractivity contribution in [2.75, 3.05) is 13.6 Å². The first-order valence-corrected chi connectivity index (χ1v) is 5.62. The molecule has 1 aromatic carbocycles. The topological polar surface area (TPSA) is 21.3 Å². The molecule has 0 bridgehead atoms. The molecule has 1 atom stereocenters. The van der Waals surface area contributed by atoms with Gasteiger partial charge in [-0.25, -0.2) is 0 Å². The van der Waals surface area contributed by atoms with Crippen LogP contribution in [0.5, 0.6) is 5.75 Å². The van der Waals surface area contributed by atoms with E-state index < -0.39 is 0 Å². The van der Waals surface area contributed by atoms with Crippen molar-refractivity contribution in [2.24, 2.45) is 0 Å². The smallest absolute Gasteiger partial charge is 0.120 e. The van der Waals surface area contributed by atoms with Gasteiger partial charge in [0.05, 0.1) is 0 Å². The maximum Gasteiger partial charge on any atom is 0.120 e. The minimum absolute atomic E-state index is 0.218. The van der Waals surface area contributed by atoms with Crippen molar-refractivity contribution in [2.45, 2.75) is 26.4 Å². The molecule has 0 saturated heterocycles. The van der Waals surface area contributed by atoms with E-state index in [2.05, 4.69) is 12.2 Å². The Hall–Kier alpha value is -0.730. The molecule has 1 N–H and O–H groups in total. The Morgan fingerprint density at radius 3 is 2.73 bits per heavy atom. The Balaban J connectivity index is 2.66. The molecule has 0 heterocycles. The molecule has 0 amide bonds. The molecule has 1 aromatic rings. The van der Waals surface area contributed by atoms with Gasteiger partial charge >= 0.3 is 0 Å². The van der Waals surface area contributed by atoms with E-state index >= 15 is 0 Å². The van der Waals surface area contributed by atoms with Crippen LogP contribution in [0.15, 0.2) is 18.2 Å². The van der Waals surface area contributed by atoms with Crippen LogP contribution < -0.4 is 10.1 Å². The molecule has 15 heavy (non-hydrogen) atoms. The number of likely N-dealkylation sites (N-methyl/N-ethyl adjacent to an activating group) is 1. The molecule has 1 unspecified atom stereocenters. The van der Waals surface area contributed by atoms with Gasteiger partial charge in [0.1, 0.15) is 11.9 Å². The zero-order chi connectivity index (χ0) is 11.3. The maximum absolute atomic E-state index is 5.94. The summed E-state index contributed by atoms with van der Waals surface area (Å²) in [7, 11) is 1.93. The van der Waals surface area contributed by atoms with Crippen LogP contribution in [0.4, 0.5) is 0 Å². The fraction of sp³-hybridized carbons (Fsp3) is 0.500. The summed E-state index contributed by atoms with van der Waals surface area (Å²) in [6, 6.07) is 5.76. The van der Waals surface area contributed by atoms with E-state index in [1.165, 1.54) is 0 Å². The predicted molar refractivity (Wildman–Crippen MR) is 64.8 cm³/mol. The zero-order valence-electron chi connectivity index (χ0n) is 9.51.